The van der Waals surface area contributed by atoms with Gasteiger partial charge in [0.25, 0.3) is 5.91 Å². The van der Waals surface area contributed by atoms with Gasteiger partial charge in [-0.05, 0) is 44.5 Å². The third-order valence-corrected chi connectivity index (χ3v) is 5.80. The van der Waals surface area contributed by atoms with E-state index < -0.39 is 5.97 Å². The highest BCUT2D eigenvalue weighted by atomic mass is 32.2. The Morgan fingerprint density at radius 3 is 2.76 bits per heavy atom. The number of thioether (sulfide) groups is 1. The smallest absolute Gasteiger partial charge is 0.316 e. The van der Waals surface area contributed by atoms with Crippen molar-refractivity contribution in [1.82, 2.24) is 0 Å². The number of rotatable bonds is 5. The first-order chi connectivity index (χ1) is 13.8. The molecule has 0 saturated carbocycles. The second-order valence-electron chi connectivity index (χ2n) is 7.10. The Hall–Kier alpha value is -2.80. The zero-order valence-electron chi connectivity index (χ0n) is 16.7. The van der Waals surface area contributed by atoms with Crippen molar-refractivity contribution in [2.75, 3.05) is 22.6 Å². The van der Waals surface area contributed by atoms with Crippen molar-refractivity contribution in [2.24, 2.45) is 0 Å². The fourth-order valence-corrected chi connectivity index (χ4v) is 4.14. The van der Waals surface area contributed by atoms with Crippen molar-refractivity contribution in [3.8, 4) is 0 Å². The van der Waals surface area contributed by atoms with Crippen LogP contribution in [-0.4, -0.2) is 36.2 Å². The van der Waals surface area contributed by atoms with Crippen LogP contribution in [0.25, 0.3) is 0 Å². The standard InChI is InChI=1S/C22H24N2O4S/c1-14-8-9-15(2)19(10-14)29-13-22(27)28-12-21(26)24-16(3)11-20(25)23-17-6-4-5-7-18(17)24/h4-10,16H,11-13H2,1-3H3,(H,23,25)/t16-/m0/s1. The summed E-state index contributed by atoms with van der Waals surface area (Å²) in [6.07, 6.45) is 0.177. The van der Waals surface area contributed by atoms with Gasteiger partial charge in [0.15, 0.2) is 6.61 Å². The van der Waals surface area contributed by atoms with Gasteiger partial charge in [0.2, 0.25) is 5.91 Å². The van der Waals surface area contributed by atoms with Crippen LogP contribution in [0, 0.1) is 13.8 Å². The zero-order valence-corrected chi connectivity index (χ0v) is 17.5. The first-order valence-electron chi connectivity index (χ1n) is 9.42. The zero-order chi connectivity index (χ0) is 21.0. The van der Waals surface area contributed by atoms with E-state index in [2.05, 4.69) is 5.32 Å². The molecule has 0 saturated heterocycles. The minimum atomic E-state index is -0.450. The van der Waals surface area contributed by atoms with Crippen LogP contribution in [0.15, 0.2) is 47.4 Å². The third-order valence-electron chi connectivity index (χ3n) is 4.67. The molecule has 0 unspecified atom stereocenters. The first-order valence-corrected chi connectivity index (χ1v) is 10.4. The number of esters is 1. The summed E-state index contributed by atoms with van der Waals surface area (Å²) in [6.45, 7) is 5.43. The lowest BCUT2D eigenvalue weighted by molar-refractivity contribution is -0.145. The number of fused-ring (bicyclic) bond motifs is 1. The summed E-state index contributed by atoms with van der Waals surface area (Å²) in [5, 5.41) is 2.81. The Bertz CT molecular complexity index is 944. The molecule has 1 N–H and O–H groups in total. The number of hydrogen-bond donors (Lipinski definition) is 1. The topological polar surface area (TPSA) is 75.7 Å². The van der Waals surface area contributed by atoms with Crippen LogP contribution < -0.4 is 10.2 Å². The number of nitrogens with one attached hydrogen (secondary N) is 1. The molecule has 0 bridgehead atoms. The number of amides is 2. The number of aryl methyl sites for hydroxylation is 2. The van der Waals surface area contributed by atoms with Crippen molar-refractivity contribution in [3.05, 3.63) is 53.6 Å². The molecule has 1 aliphatic rings. The van der Waals surface area contributed by atoms with E-state index in [1.54, 1.807) is 31.2 Å². The molecule has 6 nitrogen and oxygen atoms in total. The number of carbonyl (C=O) groups is 3. The number of ether oxygens (including phenoxy) is 1. The number of benzene rings is 2. The predicted molar refractivity (Wildman–Crippen MR) is 114 cm³/mol. The SMILES string of the molecule is Cc1ccc(C)c(SCC(=O)OCC(=O)N2c3ccccc3NC(=O)C[C@@H]2C)c1. The third kappa shape index (κ3) is 5.17. The molecule has 0 fully saturated rings. The van der Waals surface area contributed by atoms with Crippen LogP contribution in [0.5, 0.6) is 0 Å². The largest absolute Gasteiger partial charge is 0.455 e. The molecule has 2 aromatic carbocycles. The van der Waals surface area contributed by atoms with Crippen molar-refractivity contribution in [1.29, 1.82) is 0 Å². The monoisotopic (exact) mass is 412 g/mol. The lowest BCUT2D eigenvalue weighted by Gasteiger charge is -2.27. The van der Waals surface area contributed by atoms with E-state index in [-0.39, 0.29) is 36.6 Å². The summed E-state index contributed by atoms with van der Waals surface area (Å²) in [4.78, 5) is 39.5. The summed E-state index contributed by atoms with van der Waals surface area (Å²) in [7, 11) is 0. The van der Waals surface area contributed by atoms with Gasteiger partial charge in [-0.1, -0.05) is 29.8 Å². The van der Waals surface area contributed by atoms with E-state index in [0.29, 0.717) is 11.4 Å². The van der Waals surface area contributed by atoms with Crippen LogP contribution in [0.2, 0.25) is 0 Å². The van der Waals surface area contributed by atoms with Crippen LogP contribution >= 0.6 is 11.8 Å². The van der Waals surface area contributed by atoms with E-state index in [1.807, 2.05) is 32.0 Å². The molecular weight excluding hydrogens is 388 g/mol. The summed E-state index contributed by atoms with van der Waals surface area (Å²) < 4.78 is 5.22. The van der Waals surface area contributed by atoms with Gasteiger partial charge in [-0.25, -0.2) is 0 Å². The maximum Gasteiger partial charge on any atom is 0.316 e. The average Bonchev–Trinajstić information content (AvgIpc) is 2.81. The number of nitrogens with zero attached hydrogens (tertiary/aromatic N) is 1. The highest BCUT2D eigenvalue weighted by molar-refractivity contribution is 8.00. The average molecular weight is 413 g/mol. The molecular formula is C22H24N2O4S. The van der Waals surface area contributed by atoms with Gasteiger partial charge in [0, 0.05) is 17.4 Å². The number of hydrogen-bond acceptors (Lipinski definition) is 5. The van der Waals surface area contributed by atoms with Crippen molar-refractivity contribution >= 4 is 40.9 Å². The molecule has 2 aromatic rings. The molecule has 0 radical (unpaired) electrons. The molecule has 29 heavy (non-hydrogen) atoms. The highest BCUT2D eigenvalue weighted by Gasteiger charge is 2.30. The first kappa shape index (κ1) is 20.9. The van der Waals surface area contributed by atoms with Crippen LogP contribution in [-0.2, 0) is 19.1 Å². The van der Waals surface area contributed by atoms with Crippen molar-refractivity contribution < 1.29 is 19.1 Å². The molecule has 0 aliphatic carbocycles. The van der Waals surface area contributed by atoms with E-state index in [0.717, 1.165) is 16.0 Å². The molecule has 152 valence electrons. The van der Waals surface area contributed by atoms with Gasteiger partial charge in [-0.3, -0.25) is 14.4 Å². The van der Waals surface area contributed by atoms with Gasteiger partial charge in [-0.2, -0.15) is 0 Å². The normalized spacial score (nSPS) is 15.9. The van der Waals surface area contributed by atoms with E-state index in [4.69, 9.17) is 4.74 Å². The Morgan fingerprint density at radius 1 is 1.21 bits per heavy atom. The number of para-hydroxylation sites is 2. The van der Waals surface area contributed by atoms with Crippen molar-refractivity contribution in [2.45, 2.75) is 38.1 Å². The summed E-state index contributed by atoms with van der Waals surface area (Å²) in [5.74, 6) is -0.827. The molecule has 2 amide bonds. The van der Waals surface area contributed by atoms with Crippen LogP contribution in [0.4, 0.5) is 11.4 Å². The summed E-state index contributed by atoms with van der Waals surface area (Å²) in [6, 6.07) is 12.8. The maximum atomic E-state index is 12.8. The lowest BCUT2D eigenvalue weighted by Crippen LogP contribution is -2.41. The molecule has 3 rings (SSSR count). The molecule has 0 spiro atoms. The Labute approximate surface area is 174 Å². The van der Waals surface area contributed by atoms with Gasteiger partial charge >= 0.3 is 5.97 Å². The Morgan fingerprint density at radius 2 is 1.97 bits per heavy atom. The van der Waals surface area contributed by atoms with Crippen molar-refractivity contribution in [3.63, 3.8) is 0 Å². The number of anilines is 2. The molecule has 1 atom stereocenters. The highest BCUT2D eigenvalue weighted by Crippen LogP contribution is 2.31. The van der Waals surface area contributed by atoms with E-state index in [9.17, 15) is 14.4 Å². The summed E-state index contributed by atoms with van der Waals surface area (Å²) >= 11 is 1.40. The summed E-state index contributed by atoms with van der Waals surface area (Å²) in [5.41, 5.74) is 3.40. The maximum absolute atomic E-state index is 12.8. The van der Waals surface area contributed by atoms with Crippen LogP contribution in [0.1, 0.15) is 24.5 Å². The van der Waals surface area contributed by atoms with E-state index >= 15 is 0 Å². The fourth-order valence-electron chi connectivity index (χ4n) is 3.22. The molecule has 0 aromatic heterocycles. The van der Waals surface area contributed by atoms with Gasteiger partial charge in [0.1, 0.15) is 0 Å². The predicted octanol–water partition coefficient (Wildman–Crippen LogP) is 3.70. The van der Waals surface area contributed by atoms with E-state index in [1.165, 1.54) is 16.7 Å². The molecule has 1 aliphatic heterocycles. The molecule has 7 heteroatoms. The van der Waals surface area contributed by atoms with Gasteiger partial charge < -0.3 is 15.0 Å². The Balaban J connectivity index is 1.61. The number of carbonyl (C=O) groups excluding carboxylic acids is 3. The minimum absolute atomic E-state index is 0.129. The van der Waals surface area contributed by atoms with Gasteiger partial charge in [0.05, 0.1) is 17.1 Å². The molecule has 1 heterocycles. The second-order valence-corrected chi connectivity index (χ2v) is 8.12. The fraction of sp³-hybridized carbons (Fsp3) is 0.318. The van der Waals surface area contributed by atoms with Crippen LogP contribution in [0.3, 0.4) is 0 Å². The minimum Gasteiger partial charge on any atom is -0.455 e. The quantitative estimate of drug-likeness (QED) is 0.599. The lowest BCUT2D eigenvalue weighted by atomic mass is 10.1. The second kappa shape index (κ2) is 9.13. The Kier molecular flexibility index (Phi) is 6.59. The van der Waals surface area contributed by atoms with Gasteiger partial charge in [-0.15, -0.1) is 11.8 Å².